The molecule has 2 aromatic heterocycles. The molecule has 2 aliphatic rings. The molecule has 2 aromatic rings. The van der Waals surface area contributed by atoms with Crippen LogP contribution in [0.1, 0.15) is 29.7 Å². The summed E-state index contributed by atoms with van der Waals surface area (Å²) in [6.07, 6.45) is 5.26. The number of anilines is 1. The summed E-state index contributed by atoms with van der Waals surface area (Å²) in [6.45, 7) is 3.50. The van der Waals surface area contributed by atoms with Crippen molar-refractivity contribution in [1.29, 1.82) is 0 Å². The molecule has 2 aliphatic heterocycles. The first-order valence-corrected chi connectivity index (χ1v) is 10.0. The minimum absolute atomic E-state index is 0.309. The Bertz CT molecular complexity index is 770. The maximum absolute atomic E-state index is 12.7. The second-order valence-corrected chi connectivity index (χ2v) is 7.99. The Hall–Kier alpha value is -2.15. The van der Waals surface area contributed by atoms with Crippen molar-refractivity contribution in [3.05, 3.63) is 34.3 Å². The van der Waals surface area contributed by atoms with Crippen molar-refractivity contribution < 1.29 is 9.53 Å². The van der Waals surface area contributed by atoms with E-state index in [1.54, 1.807) is 13.4 Å². The lowest BCUT2D eigenvalue weighted by molar-refractivity contribution is -0.133. The molecular weight excluding hydrogens is 348 g/mol. The molecule has 26 heavy (non-hydrogen) atoms. The van der Waals surface area contributed by atoms with E-state index in [-0.39, 0.29) is 0 Å². The lowest BCUT2D eigenvalue weighted by atomic mass is 9.92. The molecule has 6 nitrogen and oxygen atoms in total. The first-order chi connectivity index (χ1) is 12.7. The number of fused-ring (bicyclic) bond motifs is 1. The predicted octanol–water partition coefficient (Wildman–Crippen LogP) is 2.74. The smallest absolute Gasteiger partial charge is 0.223 e. The van der Waals surface area contributed by atoms with Gasteiger partial charge in [-0.1, -0.05) is 0 Å². The van der Waals surface area contributed by atoms with E-state index in [0.29, 0.717) is 24.1 Å². The van der Waals surface area contributed by atoms with Gasteiger partial charge in [-0.25, -0.2) is 9.97 Å². The minimum Gasteiger partial charge on any atom is -0.481 e. The van der Waals surface area contributed by atoms with Gasteiger partial charge in [-0.3, -0.25) is 4.79 Å². The molecule has 4 rings (SSSR count). The Kier molecular flexibility index (Phi) is 5.06. The van der Waals surface area contributed by atoms with Crippen LogP contribution in [0.4, 0.5) is 5.82 Å². The fourth-order valence-electron chi connectivity index (χ4n) is 3.82. The van der Waals surface area contributed by atoms with Gasteiger partial charge in [0.15, 0.2) is 0 Å². The highest BCUT2D eigenvalue weighted by molar-refractivity contribution is 7.10. The average Bonchev–Trinajstić information content (AvgIpc) is 3.16. The van der Waals surface area contributed by atoms with Crippen molar-refractivity contribution in [2.24, 2.45) is 5.92 Å². The fraction of sp³-hybridized carbons (Fsp3) is 0.526. The third kappa shape index (κ3) is 3.67. The highest BCUT2D eigenvalue weighted by Gasteiger charge is 2.26. The SMILES string of the molecule is COc1cc(N2CCC(CC(=O)N3CCc4sccc4C3)CC2)ncn1. The zero-order valence-corrected chi connectivity index (χ0v) is 15.9. The molecule has 0 atom stereocenters. The molecule has 0 spiro atoms. The number of amides is 1. The van der Waals surface area contributed by atoms with Gasteiger partial charge in [0.25, 0.3) is 0 Å². The molecule has 0 saturated carbocycles. The Morgan fingerprint density at radius 3 is 2.96 bits per heavy atom. The maximum atomic E-state index is 12.7. The number of hydrogen-bond acceptors (Lipinski definition) is 6. The third-order valence-electron chi connectivity index (χ3n) is 5.40. The number of carbonyl (C=O) groups excluding carboxylic acids is 1. The molecular formula is C19H24N4O2S. The molecule has 0 bridgehead atoms. The zero-order chi connectivity index (χ0) is 17.9. The van der Waals surface area contributed by atoms with E-state index in [0.717, 1.165) is 51.3 Å². The van der Waals surface area contributed by atoms with E-state index in [9.17, 15) is 4.79 Å². The molecule has 0 unspecified atom stereocenters. The normalized spacial score (nSPS) is 17.9. The van der Waals surface area contributed by atoms with Crippen LogP contribution in [-0.2, 0) is 17.8 Å². The number of rotatable bonds is 4. The summed E-state index contributed by atoms with van der Waals surface area (Å²) in [5.41, 5.74) is 1.34. The highest BCUT2D eigenvalue weighted by Crippen LogP contribution is 2.28. The minimum atomic E-state index is 0.309. The molecule has 0 radical (unpaired) electrons. The van der Waals surface area contributed by atoms with Crippen LogP contribution in [0.2, 0.25) is 0 Å². The standard InChI is InChI=1S/C19H24N4O2S/c1-25-18-11-17(20-13-21-18)22-6-2-14(3-7-22)10-19(24)23-8-4-16-15(12-23)5-9-26-16/h5,9,11,13-14H,2-4,6-8,10,12H2,1H3. The van der Waals surface area contributed by atoms with Crippen molar-refractivity contribution >= 4 is 23.1 Å². The van der Waals surface area contributed by atoms with Crippen LogP contribution < -0.4 is 9.64 Å². The van der Waals surface area contributed by atoms with Crippen LogP contribution in [0, 0.1) is 5.92 Å². The summed E-state index contributed by atoms with van der Waals surface area (Å²) in [6, 6.07) is 4.03. The third-order valence-corrected chi connectivity index (χ3v) is 6.42. The van der Waals surface area contributed by atoms with Gasteiger partial charge >= 0.3 is 0 Å². The van der Waals surface area contributed by atoms with Crippen LogP contribution in [0.3, 0.4) is 0 Å². The zero-order valence-electron chi connectivity index (χ0n) is 15.1. The first kappa shape index (κ1) is 17.3. The van der Waals surface area contributed by atoms with Crippen LogP contribution in [0.25, 0.3) is 0 Å². The molecule has 1 amide bonds. The molecule has 7 heteroatoms. The molecule has 0 N–H and O–H groups in total. The van der Waals surface area contributed by atoms with E-state index < -0.39 is 0 Å². The van der Waals surface area contributed by atoms with Crippen molar-refractivity contribution in [3.63, 3.8) is 0 Å². The quantitative estimate of drug-likeness (QED) is 0.826. The van der Waals surface area contributed by atoms with Crippen LogP contribution >= 0.6 is 11.3 Å². The van der Waals surface area contributed by atoms with E-state index in [1.165, 1.54) is 10.4 Å². The summed E-state index contributed by atoms with van der Waals surface area (Å²) < 4.78 is 5.18. The summed E-state index contributed by atoms with van der Waals surface area (Å²) in [5, 5.41) is 2.14. The van der Waals surface area contributed by atoms with Crippen LogP contribution in [0.15, 0.2) is 23.8 Å². The number of nitrogens with zero attached hydrogens (tertiary/aromatic N) is 4. The predicted molar refractivity (Wildman–Crippen MR) is 102 cm³/mol. The summed E-state index contributed by atoms with van der Waals surface area (Å²) in [4.78, 5) is 26.9. The van der Waals surface area contributed by atoms with Crippen molar-refractivity contribution in [2.75, 3.05) is 31.6 Å². The summed E-state index contributed by atoms with van der Waals surface area (Å²) >= 11 is 1.81. The van der Waals surface area contributed by atoms with Crippen molar-refractivity contribution in [2.45, 2.75) is 32.2 Å². The van der Waals surface area contributed by atoms with E-state index in [2.05, 4.69) is 26.3 Å². The number of aromatic nitrogens is 2. The van der Waals surface area contributed by atoms with Gasteiger partial charge in [0.1, 0.15) is 12.1 Å². The second kappa shape index (κ2) is 7.61. The van der Waals surface area contributed by atoms with E-state index in [4.69, 9.17) is 4.74 Å². The summed E-state index contributed by atoms with van der Waals surface area (Å²) in [5.74, 6) is 2.27. The van der Waals surface area contributed by atoms with Crippen LogP contribution in [0.5, 0.6) is 5.88 Å². The molecule has 1 fully saturated rings. The number of piperidine rings is 1. The van der Waals surface area contributed by atoms with Crippen molar-refractivity contribution in [1.82, 2.24) is 14.9 Å². The number of methoxy groups -OCH3 is 1. The number of hydrogen-bond donors (Lipinski definition) is 0. The summed E-state index contributed by atoms with van der Waals surface area (Å²) in [7, 11) is 1.61. The maximum Gasteiger partial charge on any atom is 0.223 e. The Balaban J connectivity index is 1.29. The lowest BCUT2D eigenvalue weighted by Crippen LogP contribution is -2.39. The van der Waals surface area contributed by atoms with Gasteiger partial charge < -0.3 is 14.5 Å². The fourth-order valence-corrected chi connectivity index (χ4v) is 4.71. The molecule has 138 valence electrons. The molecule has 4 heterocycles. The Morgan fingerprint density at radius 1 is 1.31 bits per heavy atom. The largest absolute Gasteiger partial charge is 0.481 e. The highest BCUT2D eigenvalue weighted by atomic mass is 32.1. The second-order valence-electron chi connectivity index (χ2n) is 6.99. The van der Waals surface area contributed by atoms with E-state index in [1.807, 2.05) is 22.3 Å². The lowest BCUT2D eigenvalue weighted by Gasteiger charge is -2.34. The van der Waals surface area contributed by atoms with Gasteiger partial charge in [0.2, 0.25) is 11.8 Å². The molecule has 0 aromatic carbocycles. The molecule has 1 saturated heterocycles. The van der Waals surface area contributed by atoms with Gasteiger partial charge in [0, 0.05) is 43.5 Å². The Labute approximate surface area is 157 Å². The first-order valence-electron chi connectivity index (χ1n) is 9.17. The topological polar surface area (TPSA) is 58.6 Å². The van der Waals surface area contributed by atoms with Gasteiger partial charge in [-0.2, -0.15) is 0 Å². The number of carbonyl (C=O) groups is 1. The Morgan fingerprint density at radius 2 is 2.15 bits per heavy atom. The molecule has 0 aliphatic carbocycles. The van der Waals surface area contributed by atoms with Gasteiger partial charge in [0.05, 0.1) is 7.11 Å². The van der Waals surface area contributed by atoms with E-state index >= 15 is 0 Å². The monoisotopic (exact) mass is 372 g/mol. The average molecular weight is 372 g/mol. The number of thiophene rings is 1. The van der Waals surface area contributed by atoms with Gasteiger partial charge in [-0.05, 0) is 42.2 Å². The van der Waals surface area contributed by atoms with Gasteiger partial charge in [-0.15, -0.1) is 11.3 Å². The van der Waals surface area contributed by atoms with Crippen LogP contribution in [-0.4, -0.2) is 47.5 Å². The number of ether oxygens (including phenoxy) is 1. The van der Waals surface area contributed by atoms with Crippen molar-refractivity contribution in [3.8, 4) is 5.88 Å².